The van der Waals surface area contributed by atoms with Crippen LogP contribution in [0.3, 0.4) is 0 Å². The summed E-state index contributed by atoms with van der Waals surface area (Å²) in [4.78, 5) is 26.3. The van der Waals surface area contributed by atoms with Gasteiger partial charge in [-0.15, -0.1) is 0 Å². The molecule has 2 N–H and O–H groups in total. The molecule has 1 fully saturated rings. The first-order chi connectivity index (χ1) is 11.6. The van der Waals surface area contributed by atoms with Crippen molar-refractivity contribution < 1.29 is 19.4 Å². The third kappa shape index (κ3) is 3.34. The number of carbonyl (C=O) groups is 2. The minimum atomic E-state index is -0.753. The lowest BCUT2D eigenvalue weighted by Crippen LogP contribution is -2.54. The summed E-state index contributed by atoms with van der Waals surface area (Å²) in [6.45, 7) is -0.0234. The molecule has 0 unspecified atom stereocenters. The second-order valence-electron chi connectivity index (χ2n) is 6.27. The Labute approximate surface area is 141 Å². The molecule has 6 nitrogen and oxygen atoms in total. The van der Waals surface area contributed by atoms with Crippen LogP contribution in [-0.4, -0.2) is 54.2 Å². The first kappa shape index (κ1) is 16.7. The molecular weight excluding hydrogens is 308 g/mol. The summed E-state index contributed by atoms with van der Waals surface area (Å²) in [5, 5.41) is 12.1. The molecule has 24 heavy (non-hydrogen) atoms. The number of benzene rings is 1. The van der Waals surface area contributed by atoms with E-state index in [-0.39, 0.29) is 37.0 Å². The number of ether oxygens (including phenoxy) is 1. The summed E-state index contributed by atoms with van der Waals surface area (Å²) >= 11 is 0. The molecule has 1 aromatic carbocycles. The highest BCUT2D eigenvalue weighted by Crippen LogP contribution is 2.29. The van der Waals surface area contributed by atoms with E-state index in [1.165, 1.54) is 0 Å². The average Bonchev–Trinajstić information content (AvgIpc) is 3.05. The van der Waals surface area contributed by atoms with Crippen LogP contribution in [0.4, 0.5) is 0 Å². The molecule has 2 aliphatic rings. The second kappa shape index (κ2) is 7.15. The fourth-order valence-corrected chi connectivity index (χ4v) is 3.26. The highest BCUT2D eigenvalue weighted by atomic mass is 16.5. The van der Waals surface area contributed by atoms with Gasteiger partial charge in [0.2, 0.25) is 5.91 Å². The minimum absolute atomic E-state index is 0.0761. The largest absolute Gasteiger partial charge is 0.396 e. The van der Waals surface area contributed by atoms with Crippen LogP contribution < -0.4 is 5.32 Å². The number of morpholine rings is 1. The zero-order valence-corrected chi connectivity index (χ0v) is 13.6. The SMILES string of the molecule is CN1C(=O)CO[C@H](C(=O)N[C@@H]2C=C[C@H](CO)C2)[C@@H]1c1ccccc1. The number of hydrogen-bond donors (Lipinski definition) is 2. The molecule has 6 heteroatoms. The lowest BCUT2D eigenvalue weighted by molar-refractivity contribution is -0.162. The van der Waals surface area contributed by atoms with Crippen molar-refractivity contribution in [3.8, 4) is 0 Å². The molecule has 1 aromatic rings. The topological polar surface area (TPSA) is 78.9 Å². The molecule has 3 rings (SSSR count). The highest BCUT2D eigenvalue weighted by Gasteiger charge is 2.40. The van der Waals surface area contributed by atoms with Crippen LogP contribution in [0.1, 0.15) is 18.0 Å². The Bertz CT molecular complexity index is 631. The minimum Gasteiger partial charge on any atom is -0.396 e. The van der Waals surface area contributed by atoms with Gasteiger partial charge < -0.3 is 20.1 Å². The maximum atomic E-state index is 12.7. The number of rotatable bonds is 4. The van der Waals surface area contributed by atoms with Crippen LogP contribution in [0.15, 0.2) is 42.5 Å². The van der Waals surface area contributed by atoms with Crippen molar-refractivity contribution >= 4 is 11.8 Å². The van der Waals surface area contributed by atoms with Gasteiger partial charge in [-0.25, -0.2) is 0 Å². The Morgan fingerprint density at radius 2 is 2.08 bits per heavy atom. The second-order valence-corrected chi connectivity index (χ2v) is 6.27. The number of nitrogens with one attached hydrogen (secondary N) is 1. The number of aliphatic hydroxyl groups excluding tert-OH is 1. The summed E-state index contributed by atoms with van der Waals surface area (Å²) in [6, 6.07) is 8.86. The molecule has 128 valence electrons. The monoisotopic (exact) mass is 330 g/mol. The third-order valence-corrected chi connectivity index (χ3v) is 4.62. The summed E-state index contributed by atoms with van der Waals surface area (Å²) in [5.41, 5.74) is 0.864. The molecule has 4 atom stereocenters. The summed E-state index contributed by atoms with van der Waals surface area (Å²) in [7, 11) is 1.69. The molecule has 0 saturated carbocycles. The van der Waals surface area contributed by atoms with Gasteiger partial charge >= 0.3 is 0 Å². The molecule has 1 heterocycles. The van der Waals surface area contributed by atoms with Crippen LogP contribution in [0.5, 0.6) is 0 Å². The van der Waals surface area contributed by atoms with E-state index in [1.807, 2.05) is 42.5 Å². The Morgan fingerprint density at radius 3 is 2.75 bits per heavy atom. The van der Waals surface area contributed by atoms with Gasteiger partial charge in [0.15, 0.2) is 6.10 Å². The van der Waals surface area contributed by atoms with E-state index >= 15 is 0 Å². The average molecular weight is 330 g/mol. The zero-order valence-electron chi connectivity index (χ0n) is 13.6. The summed E-state index contributed by atoms with van der Waals surface area (Å²) in [5.74, 6) is -0.304. The van der Waals surface area contributed by atoms with Gasteiger partial charge in [0.1, 0.15) is 6.61 Å². The summed E-state index contributed by atoms with van der Waals surface area (Å²) in [6.07, 6.45) is 3.74. The molecule has 2 amide bonds. The predicted molar refractivity (Wildman–Crippen MR) is 88.0 cm³/mol. The van der Waals surface area contributed by atoms with Gasteiger partial charge in [-0.05, 0) is 12.0 Å². The predicted octanol–water partition coefficient (Wildman–Crippen LogP) is 0.638. The van der Waals surface area contributed by atoms with E-state index in [0.29, 0.717) is 6.42 Å². The van der Waals surface area contributed by atoms with Crippen LogP contribution in [0, 0.1) is 5.92 Å². The van der Waals surface area contributed by atoms with Crippen LogP contribution >= 0.6 is 0 Å². The molecule has 0 bridgehead atoms. The number of likely N-dealkylation sites (N-methyl/N-ethyl adjacent to an activating group) is 1. The number of hydrogen-bond acceptors (Lipinski definition) is 4. The molecule has 1 saturated heterocycles. The van der Waals surface area contributed by atoms with Gasteiger partial charge in [-0.1, -0.05) is 42.5 Å². The van der Waals surface area contributed by atoms with Gasteiger partial charge in [-0.3, -0.25) is 9.59 Å². The van der Waals surface area contributed by atoms with Gasteiger partial charge in [0.05, 0.1) is 6.04 Å². The molecule has 0 radical (unpaired) electrons. The van der Waals surface area contributed by atoms with E-state index in [9.17, 15) is 14.7 Å². The first-order valence-corrected chi connectivity index (χ1v) is 8.12. The van der Waals surface area contributed by atoms with Gasteiger partial charge in [0, 0.05) is 25.6 Å². The van der Waals surface area contributed by atoms with Crippen LogP contribution in [0.25, 0.3) is 0 Å². The maximum Gasteiger partial charge on any atom is 0.252 e. The Morgan fingerprint density at radius 1 is 1.33 bits per heavy atom. The van der Waals surface area contributed by atoms with Crippen molar-refractivity contribution in [2.75, 3.05) is 20.3 Å². The van der Waals surface area contributed by atoms with Gasteiger partial charge in [0.25, 0.3) is 5.91 Å². The van der Waals surface area contributed by atoms with Gasteiger partial charge in [-0.2, -0.15) is 0 Å². The summed E-state index contributed by atoms with van der Waals surface area (Å²) < 4.78 is 5.58. The lowest BCUT2D eigenvalue weighted by Gasteiger charge is -2.38. The number of amides is 2. The normalized spacial score (nSPS) is 29.8. The quantitative estimate of drug-likeness (QED) is 0.794. The van der Waals surface area contributed by atoms with Crippen molar-refractivity contribution in [3.63, 3.8) is 0 Å². The van der Waals surface area contributed by atoms with E-state index in [0.717, 1.165) is 5.56 Å². The Balaban J connectivity index is 1.75. The smallest absolute Gasteiger partial charge is 0.252 e. The fourth-order valence-electron chi connectivity index (χ4n) is 3.26. The Hall–Kier alpha value is -2.18. The van der Waals surface area contributed by atoms with E-state index in [4.69, 9.17) is 4.74 Å². The Kier molecular flexibility index (Phi) is 4.97. The maximum absolute atomic E-state index is 12.7. The third-order valence-electron chi connectivity index (χ3n) is 4.62. The molecule has 1 aliphatic carbocycles. The highest BCUT2D eigenvalue weighted by molar-refractivity contribution is 5.86. The molecule has 1 aliphatic heterocycles. The number of carbonyl (C=O) groups excluding carboxylic acids is 2. The molecule has 0 aromatic heterocycles. The standard InChI is InChI=1S/C18H22N2O4/c1-20-15(22)11-24-17(16(20)13-5-3-2-4-6-13)18(23)19-14-8-7-12(9-14)10-21/h2-8,12,14,16-17,21H,9-11H2,1H3,(H,19,23)/t12-,14+,16-,17-/m0/s1. The van der Waals surface area contributed by atoms with Crippen LogP contribution in [0.2, 0.25) is 0 Å². The van der Waals surface area contributed by atoms with Crippen molar-refractivity contribution in [2.45, 2.75) is 24.6 Å². The van der Waals surface area contributed by atoms with Crippen molar-refractivity contribution in [1.29, 1.82) is 0 Å². The van der Waals surface area contributed by atoms with E-state index in [1.54, 1.807) is 11.9 Å². The van der Waals surface area contributed by atoms with Crippen molar-refractivity contribution in [2.24, 2.45) is 5.92 Å². The number of nitrogens with zero attached hydrogens (tertiary/aromatic N) is 1. The molecule has 0 spiro atoms. The molecular formula is C18H22N2O4. The van der Waals surface area contributed by atoms with Crippen molar-refractivity contribution in [1.82, 2.24) is 10.2 Å². The van der Waals surface area contributed by atoms with E-state index < -0.39 is 12.1 Å². The fraction of sp³-hybridized carbons (Fsp3) is 0.444. The lowest BCUT2D eigenvalue weighted by atomic mass is 9.97. The zero-order chi connectivity index (χ0) is 17.1. The van der Waals surface area contributed by atoms with Crippen molar-refractivity contribution in [3.05, 3.63) is 48.0 Å². The number of aliphatic hydroxyl groups is 1. The first-order valence-electron chi connectivity index (χ1n) is 8.12. The van der Waals surface area contributed by atoms with E-state index in [2.05, 4.69) is 5.32 Å². The van der Waals surface area contributed by atoms with Crippen LogP contribution in [-0.2, 0) is 14.3 Å².